The molecule has 0 saturated heterocycles. The minimum Gasteiger partial charge on any atom is -0.507 e. The van der Waals surface area contributed by atoms with Gasteiger partial charge in [0.1, 0.15) is 5.75 Å². The number of carbonyl (C=O) groups is 1. The quantitative estimate of drug-likeness (QED) is 0.776. The number of nitrogens with one attached hydrogen (secondary N) is 1. The fourth-order valence-corrected chi connectivity index (χ4v) is 2.34. The van der Waals surface area contributed by atoms with Crippen molar-refractivity contribution in [1.29, 1.82) is 0 Å². The second kappa shape index (κ2) is 6.50. The number of amides is 1. The van der Waals surface area contributed by atoms with Crippen LogP contribution in [0.4, 0.5) is 18.9 Å². The lowest BCUT2D eigenvalue weighted by Crippen LogP contribution is -2.12. The molecule has 0 spiro atoms. The number of thioether (sulfide) groups is 1. The third kappa shape index (κ3) is 4.57. The molecular formula is C14H9ClF3NO2S. The number of alkyl halides is 3. The third-order valence-corrected chi connectivity index (χ3v) is 3.52. The first kappa shape index (κ1) is 16.5. The van der Waals surface area contributed by atoms with Crippen LogP contribution < -0.4 is 5.32 Å². The van der Waals surface area contributed by atoms with Gasteiger partial charge in [0.15, 0.2) is 0 Å². The Morgan fingerprint density at radius 2 is 1.77 bits per heavy atom. The Labute approximate surface area is 133 Å². The maximum absolute atomic E-state index is 12.2. The van der Waals surface area contributed by atoms with Crippen molar-refractivity contribution in [3.63, 3.8) is 0 Å². The Morgan fingerprint density at radius 1 is 1.14 bits per heavy atom. The van der Waals surface area contributed by atoms with E-state index < -0.39 is 11.4 Å². The van der Waals surface area contributed by atoms with Crippen LogP contribution in [0.5, 0.6) is 5.75 Å². The minimum absolute atomic E-state index is 0.0103. The van der Waals surface area contributed by atoms with Crippen molar-refractivity contribution in [3.05, 3.63) is 53.1 Å². The van der Waals surface area contributed by atoms with Crippen molar-refractivity contribution in [2.75, 3.05) is 5.32 Å². The second-order valence-electron chi connectivity index (χ2n) is 4.19. The maximum atomic E-state index is 12.2. The number of aromatic hydroxyl groups is 1. The smallest absolute Gasteiger partial charge is 0.446 e. The zero-order chi connectivity index (χ0) is 16.3. The van der Waals surface area contributed by atoms with E-state index in [1.54, 1.807) is 0 Å². The van der Waals surface area contributed by atoms with Crippen LogP contribution in [0.2, 0.25) is 5.02 Å². The molecule has 0 radical (unpaired) electrons. The van der Waals surface area contributed by atoms with Gasteiger partial charge in [-0.3, -0.25) is 4.79 Å². The van der Waals surface area contributed by atoms with Crippen LogP contribution in [0, 0.1) is 0 Å². The van der Waals surface area contributed by atoms with Crippen molar-refractivity contribution in [2.45, 2.75) is 10.4 Å². The molecule has 0 atom stereocenters. The molecule has 0 aliphatic heterocycles. The number of benzene rings is 2. The number of hydrogen-bond donors (Lipinski definition) is 2. The summed E-state index contributed by atoms with van der Waals surface area (Å²) in [5.41, 5.74) is -4.09. The van der Waals surface area contributed by atoms with Crippen molar-refractivity contribution in [1.82, 2.24) is 0 Å². The highest BCUT2D eigenvalue weighted by atomic mass is 35.5. The Kier molecular flexibility index (Phi) is 4.87. The molecule has 0 heterocycles. The van der Waals surface area contributed by atoms with E-state index in [1.807, 2.05) is 0 Å². The molecule has 0 fully saturated rings. The molecule has 0 aliphatic carbocycles. The Bertz CT molecular complexity index is 689. The number of phenols is 1. The van der Waals surface area contributed by atoms with E-state index >= 15 is 0 Å². The Morgan fingerprint density at radius 3 is 2.36 bits per heavy atom. The first-order chi connectivity index (χ1) is 10.2. The van der Waals surface area contributed by atoms with Crippen LogP contribution in [0.3, 0.4) is 0 Å². The number of halogens is 4. The van der Waals surface area contributed by atoms with Gasteiger partial charge in [-0.25, -0.2) is 0 Å². The molecule has 2 rings (SSSR count). The number of phenolic OH excluding ortho intramolecular Hbond substituents is 1. The fraction of sp³-hybridized carbons (Fsp3) is 0.0714. The highest BCUT2D eigenvalue weighted by Crippen LogP contribution is 2.37. The molecule has 0 bridgehead atoms. The lowest BCUT2D eigenvalue weighted by atomic mass is 10.2. The average Bonchev–Trinajstić information content (AvgIpc) is 2.42. The first-order valence-corrected chi connectivity index (χ1v) is 7.10. The largest absolute Gasteiger partial charge is 0.507 e. The van der Waals surface area contributed by atoms with Crippen molar-refractivity contribution < 1.29 is 23.1 Å². The fourth-order valence-electron chi connectivity index (χ4n) is 1.63. The molecular weight excluding hydrogens is 339 g/mol. The third-order valence-electron chi connectivity index (χ3n) is 2.55. The van der Waals surface area contributed by atoms with Gasteiger partial charge in [0.25, 0.3) is 5.91 Å². The topological polar surface area (TPSA) is 49.3 Å². The molecule has 22 heavy (non-hydrogen) atoms. The molecule has 0 unspecified atom stereocenters. The molecule has 2 aromatic carbocycles. The minimum atomic E-state index is -4.36. The summed E-state index contributed by atoms with van der Waals surface area (Å²) in [6, 6.07) is 9.16. The molecule has 0 aromatic heterocycles. The van der Waals surface area contributed by atoms with E-state index in [0.29, 0.717) is 5.69 Å². The predicted octanol–water partition coefficient (Wildman–Crippen LogP) is 4.91. The highest BCUT2D eigenvalue weighted by molar-refractivity contribution is 8.00. The van der Waals surface area contributed by atoms with E-state index in [9.17, 15) is 23.1 Å². The van der Waals surface area contributed by atoms with Crippen molar-refractivity contribution >= 4 is 35.0 Å². The van der Waals surface area contributed by atoms with Gasteiger partial charge in [0.05, 0.1) is 5.56 Å². The molecule has 2 N–H and O–H groups in total. The zero-order valence-electron chi connectivity index (χ0n) is 10.8. The van der Waals surface area contributed by atoms with Crippen molar-refractivity contribution in [2.24, 2.45) is 0 Å². The molecule has 3 nitrogen and oxygen atoms in total. The van der Waals surface area contributed by atoms with Gasteiger partial charge in [-0.05, 0) is 54.2 Å². The SMILES string of the molecule is O=C(Nc1ccc(SC(F)(F)F)cc1)c1cc(Cl)ccc1O. The van der Waals surface area contributed by atoms with E-state index in [1.165, 1.54) is 42.5 Å². The summed E-state index contributed by atoms with van der Waals surface area (Å²) in [5.74, 6) is -0.859. The summed E-state index contributed by atoms with van der Waals surface area (Å²) in [7, 11) is 0. The first-order valence-electron chi connectivity index (χ1n) is 5.90. The van der Waals surface area contributed by atoms with Crippen LogP contribution >= 0.6 is 23.4 Å². The number of carbonyl (C=O) groups excluding carboxylic acids is 1. The average molecular weight is 348 g/mol. The summed E-state index contributed by atoms with van der Waals surface area (Å²) in [5, 5.41) is 12.4. The molecule has 1 amide bonds. The van der Waals surface area contributed by atoms with E-state index in [4.69, 9.17) is 11.6 Å². The van der Waals surface area contributed by atoms with Gasteiger partial charge in [0, 0.05) is 15.6 Å². The normalized spacial score (nSPS) is 11.3. The van der Waals surface area contributed by atoms with Gasteiger partial charge < -0.3 is 10.4 Å². The molecule has 0 saturated carbocycles. The van der Waals surface area contributed by atoms with Gasteiger partial charge in [0.2, 0.25) is 0 Å². The van der Waals surface area contributed by atoms with Crippen LogP contribution in [0.25, 0.3) is 0 Å². The zero-order valence-corrected chi connectivity index (χ0v) is 12.4. The van der Waals surface area contributed by atoms with Crippen LogP contribution in [-0.2, 0) is 0 Å². The number of anilines is 1. The van der Waals surface area contributed by atoms with Crippen LogP contribution in [0.1, 0.15) is 10.4 Å². The molecule has 2 aromatic rings. The van der Waals surface area contributed by atoms with Gasteiger partial charge >= 0.3 is 5.51 Å². The summed E-state index contributed by atoms with van der Waals surface area (Å²) in [4.78, 5) is 12.0. The maximum Gasteiger partial charge on any atom is 0.446 e. The van der Waals surface area contributed by atoms with Gasteiger partial charge in [-0.15, -0.1) is 0 Å². The number of hydrogen-bond acceptors (Lipinski definition) is 3. The lowest BCUT2D eigenvalue weighted by Gasteiger charge is -2.09. The Hall–Kier alpha value is -1.86. The summed E-state index contributed by atoms with van der Waals surface area (Å²) in [6.45, 7) is 0. The van der Waals surface area contributed by atoms with Gasteiger partial charge in [-0.2, -0.15) is 13.2 Å². The Balaban J connectivity index is 2.10. The monoisotopic (exact) mass is 347 g/mol. The van der Waals surface area contributed by atoms with E-state index in [0.717, 1.165) is 0 Å². The number of rotatable bonds is 3. The summed E-state index contributed by atoms with van der Waals surface area (Å²) in [6.07, 6.45) is 0. The van der Waals surface area contributed by atoms with Gasteiger partial charge in [-0.1, -0.05) is 11.6 Å². The lowest BCUT2D eigenvalue weighted by molar-refractivity contribution is -0.0328. The molecule has 8 heteroatoms. The van der Waals surface area contributed by atoms with Crippen LogP contribution in [-0.4, -0.2) is 16.5 Å². The van der Waals surface area contributed by atoms with Crippen molar-refractivity contribution in [3.8, 4) is 5.75 Å². The summed E-state index contributed by atoms with van der Waals surface area (Å²) < 4.78 is 36.6. The van der Waals surface area contributed by atoms with E-state index in [-0.39, 0.29) is 33.0 Å². The second-order valence-corrected chi connectivity index (χ2v) is 5.76. The summed E-state index contributed by atoms with van der Waals surface area (Å²) >= 11 is 5.50. The highest BCUT2D eigenvalue weighted by Gasteiger charge is 2.29. The predicted molar refractivity (Wildman–Crippen MR) is 79.4 cm³/mol. The molecule has 116 valence electrons. The van der Waals surface area contributed by atoms with E-state index in [2.05, 4.69) is 5.32 Å². The van der Waals surface area contributed by atoms with Crippen LogP contribution in [0.15, 0.2) is 47.4 Å². The molecule has 0 aliphatic rings. The standard InChI is InChI=1S/C14H9ClF3NO2S/c15-8-1-6-12(20)11(7-8)13(21)19-9-2-4-10(5-3-9)22-14(16,17)18/h1-7,20H,(H,19,21).